The Morgan fingerprint density at radius 1 is 1.43 bits per heavy atom. The SMILES string of the molecule is CC(C)C1CN(C)CCC12C[C@@H](C)O2. The van der Waals surface area contributed by atoms with Crippen LogP contribution in [0.2, 0.25) is 0 Å². The van der Waals surface area contributed by atoms with Crippen LogP contribution in [0, 0.1) is 11.8 Å². The Bertz CT molecular complexity index is 208. The van der Waals surface area contributed by atoms with Gasteiger partial charge in [-0.3, -0.25) is 0 Å². The third-order valence-corrected chi connectivity index (χ3v) is 3.97. The third kappa shape index (κ3) is 1.59. The van der Waals surface area contributed by atoms with Crippen molar-refractivity contribution in [3.63, 3.8) is 0 Å². The third-order valence-electron chi connectivity index (χ3n) is 3.97. The van der Waals surface area contributed by atoms with Crippen LogP contribution in [0.1, 0.15) is 33.6 Å². The second kappa shape index (κ2) is 3.49. The number of nitrogens with zero attached hydrogens (tertiary/aromatic N) is 1. The normalized spacial score (nSPS) is 44.4. The van der Waals surface area contributed by atoms with Gasteiger partial charge in [-0.2, -0.15) is 0 Å². The quantitative estimate of drug-likeness (QED) is 0.638. The first-order chi connectivity index (χ1) is 6.53. The smallest absolute Gasteiger partial charge is 0.0765 e. The van der Waals surface area contributed by atoms with E-state index in [9.17, 15) is 0 Å². The zero-order valence-corrected chi connectivity index (χ0v) is 9.92. The molecule has 2 nitrogen and oxygen atoms in total. The summed E-state index contributed by atoms with van der Waals surface area (Å²) >= 11 is 0. The van der Waals surface area contributed by atoms with Gasteiger partial charge in [-0.05, 0) is 26.3 Å². The largest absolute Gasteiger partial charge is 0.371 e. The van der Waals surface area contributed by atoms with Crippen molar-refractivity contribution in [2.45, 2.75) is 45.3 Å². The van der Waals surface area contributed by atoms with Crippen LogP contribution in [-0.4, -0.2) is 36.7 Å². The average Bonchev–Trinajstić information content (AvgIpc) is 2.06. The number of likely N-dealkylation sites (tertiary alicyclic amines) is 1. The molecule has 0 amide bonds. The van der Waals surface area contributed by atoms with Crippen LogP contribution >= 0.6 is 0 Å². The van der Waals surface area contributed by atoms with E-state index in [1.807, 2.05) is 0 Å². The number of rotatable bonds is 1. The van der Waals surface area contributed by atoms with Crippen LogP contribution in [0.3, 0.4) is 0 Å². The van der Waals surface area contributed by atoms with Gasteiger partial charge in [-0.15, -0.1) is 0 Å². The molecule has 0 bridgehead atoms. The van der Waals surface area contributed by atoms with E-state index < -0.39 is 0 Å². The van der Waals surface area contributed by atoms with Gasteiger partial charge in [0.1, 0.15) is 0 Å². The van der Waals surface area contributed by atoms with Crippen molar-refractivity contribution < 1.29 is 4.74 Å². The highest BCUT2D eigenvalue weighted by Crippen LogP contribution is 2.46. The topological polar surface area (TPSA) is 12.5 Å². The summed E-state index contributed by atoms with van der Waals surface area (Å²) in [4.78, 5) is 2.45. The summed E-state index contributed by atoms with van der Waals surface area (Å²) < 4.78 is 6.06. The predicted molar refractivity (Wildman–Crippen MR) is 58.3 cm³/mol. The Labute approximate surface area is 87.6 Å². The first-order valence-electron chi connectivity index (χ1n) is 5.90. The van der Waals surface area contributed by atoms with Crippen LogP contribution in [-0.2, 0) is 4.74 Å². The molecule has 2 heteroatoms. The Balaban J connectivity index is 2.07. The lowest BCUT2D eigenvalue weighted by Crippen LogP contribution is -2.62. The monoisotopic (exact) mass is 197 g/mol. The molecular formula is C12H23NO. The molecule has 2 aliphatic rings. The standard InChI is InChI=1S/C12H23NO/c1-9(2)11-8-13(4)6-5-12(11)7-10(3)14-12/h9-11H,5-8H2,1-4H3/t10-,11?,12?/m1/s1. The van der Waals surface area contributed by atoms with Gasteiger partial charge < -0.3 is 9.64 Å². The van der Waals surface area contributed by atoms with E-state index >= 15 is 0 Å². The van der Waals surface area contributed by atoms with Gasteiger partial charge in [0.15, 0.2) is 0 Å². The fourth-order valence-electron chi connectivity index (χ4n) is 3.25. The minimum Gasteiger partial charge on any atom is -0.371 e. The molecule has 2 rings (SSSR count). The summed E-state index contributed by atoms with van der Waals surface area (Å²) in [6.07, 6.45) is 3.01. The first-order valence-corrected chi connectivity index (χ1v) is 5.90. The first kappa shape index (κ1) is 10.4. The number of piperidine rings is 1. The van der Waals surface area contributed by atoms with Gasteiger partial charge in [0, 0.05) is 25.4 Å². The highest BCUT2D eigenvalue weighted by molar-refractivity contribution is 5.02. The summed E-state index contributed by atoms with van der Waals surface area (Å²) in [5, 5.41) is 0. The summed E-state index contributed by atoms with van der Waals surface area (Å²) in [5.74, 6) is 1.47. The van der Waals surface area contributed by atoms with Crippen molar-refractivity contribution in [2.75, 3.05) is 20.1 Å². The molecule has 2 aliphatic heterocycles. The molecule has 2 unspecified atom stereocenters. The summed E-state index contributed by atoms with van der Waals surface area (Å²) in [7, 11) is 2.23. The van der Waals surface area contributed by atoms with Crippen LogP contribution in [0.4, 0.5) is 0 Å². The number of hydrogen-bond donors (Lipinski definition) is 0. The molecule has 0 saturated carbocycles. The molecule has 0 aliphatic carbocycles. The lowest BCUT2D eigenvalue weighted by Gasteiger charge is -2.56. The number of ether oxygens (including phenoxy) is 1. The van der Waals surface area contributed by atoms with Crippen molar-refractivity contribution in [1.29, 1.82) is 0 Å². The Hall–Kier alpha value is -0.0800. The molecular weight excluding hydrogens is 174 g/mol. The van der Waals surface area contributed by atoms with E-state index in [4.69, 9.17) is 4.74 Å². The van der Waals surface area contributed by atoms with Crippen LogP contribution in [0.5, 0.6) is 0 Å². The van der Waals surface area contributed by atoms with Gasteiger partial charge >= 0.3 is 0 Å². The maximum Gasteiger partial charge on any atom is 0.0765 e. The molecule has 0 aromatic heterocycles. The number of hydrogen-bond acceptors (Lipinski definition) is 2. The molecule has 2 fully saturated rings. The lowest BCUT2D eigenvalue weighted by atomic mass is 9.69. The van der Waals surface area contributed by atoms with Gasteiger partial charge in [0.05, 0.1) is 11.7 Å². The Morgan fingerprint density at radius 3 is 2.57 bits per heavy atom. The molecule has 14 heavy (non-hydrogen) atoms. The second-order valence-electron chi connectivity index (χ2n) is 5.56. The average molecular weight is 197 g/mol. The van der Waals surface area contributed by atoms with Crippen LogP contribution in [0.25, 0.3) is 0 Å². The van der Waals surface area contributed by atoms with Crippen LogP contribution in [0.15, 0.2) is 0 Å². The highest BCUT2D eigenvalue weighted by Gasteiger charge is 2.52. The Morgan fingerprint density at radius 2 is 2.07 bits per heavy atom. The predicted octanol–water partition coefficient (Wildman–Crippen LogP) is 2.14. The fourth-order valence-corrected chi connectivity index (χ4v) is 3.25. The zero-order chi connectivity index (χ0) is 10.3. The lowest BCUT2D eigenvalue weighted by molar-refractivity contribution is -0.251. The molecule has 0 radical (unpaired) electrons. The molecule has 0 aromatic rings. The van der Waals surface area contributed by atoms with E-state index in [0.29, 0.717) is 6.10 Å². The minimum absolute atomic E-state index is 0.250. The van der Waals surface area contributed by atoms with E-state index in [-0.39, 0.29) is 5.60 Å². The summed E-state index contributed by atoms with van der Waals surface area (Å²) in [6, 6.07) is 0. The van der Waals surface area contributed by atoms with Gasteiger partial charge in [0.2, 0.25) is 0 Å². The van der Waals surface area contributed by atoms with Gasteiger partial charge in [-0.1, -0.05) is 13.8 Å². The van der Waals surface area contributed by atoms with Crippen molar-refractivity contribution in [3.8, 4) is 0 Å². The molecule has 0 aromatic carbocycles. The van der Waals surface area contributed by atoms with Gasteiger partial charge in [0.25, 0.3) is 0 Å². The molecule has 2 heterocycles. The summed E-state index contributed by atoms with van der Waals surface area (Å²) in [6.45, 7) is 9.27. The maximum absolute atomic E-state index is 6.06. The van der Waals surface area contributed by atoms with Crippen LogP contribution < -0.4 is 0 Å². The van der Waals surface area contributed by atoms with Gasteiger partial charge in [-0.25, -0.2) is 0 Å². The van der Waals surface area contributed by atoms with Crippen molar-refractivity contribution in [2.24, 2.45) is 11.8 Å². The van der Waals surface area contributed by atoms with E-state index in [0.717, 1.165) is 11.8 Å². The highest BCUT2D eigenvalue weighted by atomic mass is 16.5. The second-order valence-corrected chi connectivity index (χ2v) is 5.56. The van der Waals surface area contributed by atoms with E-state index in [1.54, 1.807) is 0 Å². The fraction of sp³-hybridized carbons (Fsp3) is 1.00. The Kier molecular flexibility index (Phi) is 2.61. The molecule has 0 N–H and O–H groups in total. The molecule has 3 atom stereocenters. The molecule has 1 spiro atoms. The van der Waals surface area contributed by atoms with E-state index in [2.05, 4.69) is 32.7 Å². The van der Waals surface area contributed by atoms with Crippen molar-refractivity contribution in [1.82, 2.24) is 4.90 Å². The summed E-state index contributed by atoms with van der Waals surface area (Å²) in [5.41, 5.74) is 0.250. The van der Waals surface area contributed by atoms with Crippen molar-refractivity contribution in [3.05, 3.63) is 0 Å². The molecule has 82 valence electrons. The van der Waals surface area contributed by atoms with E-state index in [1.165, 1.54) is 25.9 Å². The molecule has 2 saturated heterocycles. The maximum atomic E-state index is 6.06. The van der Waals surface area contributed by atoms with Crippen molar-refractivity contribution >= 4 is 0 Å². The minimum atomic E-state index is 0.250. The zero-order valence-electron chi connectivity index (χ0n) is 9.92.